The minimum atomic E-state index is -0.562. The van der Waals surface area contributed by atoms with Crippen molar-refractivity contribution < 1.29 is 14.7 Å². The third kappa shape index (κ3) is 5.41. The van der Waals surface area contributed by atoms with E-state index in [1.807, 2.05) is 62.4 Å². The second-order valence-corrected chi connectivity index (χ2v) is 5.43. The topological polar surface area (TPSA) is 58.6 Å². The Hall–Kier alpha value is -2.85. The van der Waals surface area contributed by atoms with Crippen molar-refractivity contribution in [3.63, 3.8) is 0 Å². The highest BCUT2D eigenvalue weighted by molar-refractivity contribution is 5.86. The van der Waals surface area contributed by atoms with E-state index in [0.29, 0.717) is 0 Å². The SMILES string of the molecule is CC(/C=C/C(=O)NO)=C\C(C)Oc1ccc(-c2ccccc2)cc1. The van der Waals surface area contributed by atoms with Gasteiger partial charge >= 0.3 is 0 Å². The predicted molar refractivity (Wildman–Crippen MR) is 94.8 cm³/mol. The van der Waals surface area contributed by atoms with E-state index in [1.165, 1.54) is 11.6 Å². The van der Waals surface area contributed by atoms with Crippen LogP contribution in [0.5, 0.6) is 5.75 Å². The summed E-state index contributed by atoms with van der Waals surface area (Å²) in [5.74, 6) is 0.219. The molecule has 0 aliphatic rings. The van der Waals surface area contributed by atoms with Crippen LogP contribution in [0.15, 0.2) is 78.4 Å². The van der Waals surface area contributed by atoms with E-state index in [0.717, 1.165) is 16.9 Å². The Morgan fingerprint density at radius 1 is 1.04 bits per heavy atom. The molecule has 0 saturated heterocycles. The van der Waals surface area contributed by atoms with Gasteiger partial charge in [0, 0.05) is 6.08 Å². The van der Waals surface area contributed by atoms with Crippen LogP contribution in [0.1, 0.15) is 13.8 Å². The van der Waals surface area contributed by atoms with E-state index in [1.54, 1.807) is 11.6 Å². The first-order chi connectivity index (χ1) is 11.6. The number of carbonyl (C=O) groups excluding carboxylic acids is 1. The number of benzene rings is 2. The summed E-state index contributed by atoms with van der Waals surface area (Å²) >= 11 is 0. The first-order valence-corrected chi connectivity index (χ1v) is 7.71. The predicted octanol–water partition coefficient (Wildman–Crippen LogP) is 4.13. The molecule has 2 N–H and O–H groups in total. The third-order valence-electron chi connectivity index (χ3n) is 3.39. The zero-order valence-corrected chi connectivity index (χ0v) is 13.8. The highest BCUT2D eigenvalue weighted by Gasteiger charge is 2.02. The molecule has 0 heterocycles. The fraction of sp³-hybridized carbons (Fsp3) is 0.150. The van der Waals surface area contributed by atoms with E-state index in [4.69, 9.17) is 9.94 Å². The third-order valence-corrected chi connectivity index (χ3v) is 3.39. The molecule has 0 fully saturated rings. The summed E-state index contributed by atoms with van der Waals surface area (Å²) in [6.07, 6.45) is 4.62. The molecule has 4 nitrogen and oxygen atoms in total. The molecule has 0 saturated carbocycles. The van der Waals surface area contributed by atoms with Crippen molar-refractivity contribution in [3.05, 3.63) is 78.4 Å². The quantitative estimate of drug-likeness (QED) is 0.364. The van der Waals surface area contributed by atoms with Crippen LogP contribution in [0, 0.1) is 0 Å². The van der Waals surface area contributed by atoms with Crippen LogP contribution in [-0.4, -0.2) is 17.2 Å². The molecule has 1 atom stereocenters. The molecule has 1 amide bonds. The first-order valence-electron chi connectivity index (χ1n) is 7.71. The van der Waals surface area contributed by atoms with E-state index in [-0.39, 0.29) is 6.10 Å². The van der Waals surface area contributed by atoms with E-state index in [9.17, 15) is 4.79 Å². The van der Waals surface area contributed by atoms with Crippen LogP contribution in [0.4, 0.5) is 0 Å². The van der Waals surface area contributed by atoms with Gasteiger partial charge in [0.15, 0.2) is 0 Å². The molecular formula is C20H21NO3. The van der Waals surface area contributed by atoms with Gasteiger partial charge in [-0.15, -0.1) is 0 Å². The van der Waals surface area contributed by atoms with Gasteiger partial charge in [0.1, 0.15) is 11.9 Å². The Bertz CT molecular complexity index is 718. The second-order valence-electron chi connectivity index (χ2n) is 5.43. The summed E-state index contributed by atoms with van der Waals surface area (Å²) in [6.45, 7) is 3.79. The molecule has 124 valence electrons. The molecule has 1 unspecified atom stereocenters. The summed E-state index contributed by atoms with van der Waals surface area (Å²) in [4.78, 5) is 10.9. The maximum absolute atomic E-state index is 10.9. The number of nitrogens with one attached hydrogen (secondary N) is 1. The molecule has 2 aromatic rings. The standard InChI is InChI=1S/C20H21NO3/c1-15(8-13-20(22)21-23)14-16(2)24-19-11-9-18(10-12-19)17-6-4-3-5-7-17/h3-14,16,23H,1-2H3,(H,21,22)/b13-8+,15-14+. The van der Waals surface area contributed by atoms with Gasteiger partial charge in [-0.05, 0) is 43.2 Å². The fourth-order valence-corrected chi connectivity index (χ4v) is 2.28. The number of hydrogen-bond donors (Lipinski definition) is 2. The van der Waals surface area contributed by atoms with Crippen molar-refractivity contribution in [3.8, 4) is 16.9 Å². The first kappa shape index (κ1) is 17.5. The molecule has 2 rings (SSSR count). The summed E-state index contributed by atoms with van der Waals surface area (Å²) in [7, 11) is 0. The lowest BCUT2D eigenvalue weighted by Crippen LogP contribution is -2.15. The van der Waals surface area contributed by atoms with Crippen LogP contribution in [0.3, 0.4) is 0 Å². The van der Waals surface area contributed by atoms with Gasteiger partial charge < -0.3 is 4.74 Å². The molecular weight excluding hydrogens is 302 g/mol. The Balaban J connectivity index is 1.98. The average molecular weight is 323 g/mol. The molecule has 0 aliphatic carbocycles. The number of hydrogen-bond acceptors (Lipinski definition) is 3. The Morgan fingerprint density at radius 2 is 1.67 bits per heavy atom. The number of rotatable bonds is 6. The van der Waals surface area contributed by atoms with Gasteiger partial charge in [-0.1, -0.05) is 54.1 Å². The molecule has 24 heavy (non-hydrogen) atoms. The monoisotopic (exact) mass is 323 g/mol. The lowest BCUT2D eigenvalue weighted by molar-refractivity contribution is -0.124. The molecule has 2 aromatic carbocycles. The number of allylic oxidation sites excluding steroid dienone is 2. The highest BCUT2D eigenvalue weighted by atomic mass is 16.5. The van der Waals surface area contributed by atoms with Gasteiger partial charge in [0.2, 0.25) is 0 Å². The van der Waals surface area contributed by atoms with Crippen molar-refractivity contribution in [1.29, 1.82) is 0 Å². The Morgan fingerprint density at radius 3 is 2.29 bits per heavy atom. The van der Waals surface area contributed by atoms with E-state index < -0.39 is 5.91 Å². The molecule has 0 spiro atoms. The smallest absolute Gasteiger partial charge is 0.267 e. The normalized spacial score (nSPS) is 12.9. The van der Waals surface area contributed by atoms with Gasteiger partial charge in [0.25, 0.3) is 5.91 Å². The maximum Gasteiger partial charge on any atom is 0.267 e. The average Bonchev–Trinajstić information content (AvgIpc) is 2.61. The second kappa shape index (κ2) is 8.70. The van der Waals surface area contributed by atoms with Crippen molar-refractivity contribution >= 4 is 5.91 Å². The summed E-state index contributed by atoms with van der Waals surface area (Å²) < 4.78 is 5.85. The van der Waals surface area contributed by atoms with Crippen molar-refractivity contribution in [2.75, 3.05) is 0 Å². The number of ether oxygens (including phenoxy) is 1. The number of hydroxylamine groups is 1. The van der Waals surface area contributed by atoms with Crippen LogP contribution in [0.25, 0.3) is 11.1 Å². The fourth-order valence-electron chi connectivity index (χ4n) is 2.28. The van der Waals surface area contributed by atoms with Gasteiger partial charge in [-0.25, -0.2) is 5.48 Å². The molecule has 0 aromatic heterocycles. The van der Waals surface area contributed by atoms with Gasteiger partial charge in [-0.2, -0.15) is 0 Å². The van der Waals surface area contributed by atoms with Crippen LogP contribution >= 0.6 is 0 Å². The van der Waals surface area contributed by atoms with Crippen LogP contribution in [-0.2, 0) is 4.79 Å². The van der Waals surface area contributed by atoms with E-state index in [2.05, 4.69) is 12.1 Å². The number of amides is 1. The largest absolute Gasteiger partial charge is 0.487 e. The van der Waals surface area contributed by atoms with Crippen molar-refractivity contribution in [1.82, 2.24) is 5.48 Å². The molecule has 0 radical (unpaired) electrons. The molecule has 4 heteroatoms. The van der Waals surface area contributed by atoms with E-state index >= 15 is 0 Å². The van der Waals surface area contributed by atoms with Gasteiger partial charge in [0.05, 0.1) is 0 Å². The lowest BCUT2D eigenvalue weighted by atomic mass is 10.1. The van der Waals surface area contributed by atoms with Gasteiger partial charge in [-0.3, -0.25) is 10.0 Å². The zero-order valence-electron chi connectivity index (χ0n) is 13.8. The zero-order chi connectivity index (χ0) is 17.4. The summed E-state index contributed by atoms with van der Waals surface area (Å²) in [5, 5.41) is 8.43. The van der Waals surface area contributed by atoms with Crippen LogP contribution in [0.2, 0.25) is 0 Å². The summed E-state index contributed by atoms with van der Waals surface area (Å²) in [5.41, 5.74) is 4.72. The highest BCUT2D eigenvalue weighted by Crippen LogP contribution is 2.22. The Labute approximate surface area is 142 Å². The summed E-state index contributed by atoms with van der Waals surface area (Å²) in [6, 6.07) is 18.1. The molecule has 0 bridgehead atoms. The Kier molecular flexibility index (Phi) is 6.34. The van der Waals surface area contributed by atoms with Crippen LogP contribution < -0.4 is 10.2 Å². The minimum absolute atomic E-state index is 0.144. The minimum Gasteiger partial charge on any atom is -0.487 e. The lowest BCUT2D eigenvalue weighted by Gasteiger charge is -2.12. The van der Waals surface area contributed by atoms with Crippen molar-refractivity contribution in [2.24, 2.45) is 0 Å². The maximum atomic E-state index is 10.9. The molecule has 0 aliphatic heterocycles. The number of carbonyl (C=O) groups is 1. The van der Waals surface area contributed by atoms with Crippen molar-refractivity contribution in [2.45, 2.75) is 20.0 Å².